The number of rotatable bonds is 6. The van der Waals surface area contributed by atoms with Crippen LogP contribution in [0.25, 0.3) is 11.4 Å². The lowest BCUT2D eigenvalue weighted by Crippen LogP contribution is -2.27. The van der Waals surface area contributed by atoms with Crippen LogP contribution in [0.1, 0.15) is 25.0 Å². The lowest BCUT2D eigenvalue weighted by atomic mass is 10.2. The summed E-state index contributed by atoms with van der Waals surface area (Å²) >= 11 is 0. The molecular formula is C16H16F2N4O2. The molecule has 0 bridgehead atoms. The average molecular weight is 334 g/mol. The number of aryl methyl sites for hydroxylation is 1. The second kappa shape index (κ2) is 6.86. The van der Waals surface area contributed by atoms with Gasteiger partial charge < -0.3 is 10.3 Å². The number of carbonyl (C=O) groups excluding carboxylic acids is 1. The second-order valence-electron chi connectivity index (χ2n) is 5.83. The third-order valence-electron chi connectivity index (χ3n) is 3.83. The first kappa shape index (κ1) is 16.2. The third kappa shape index (κ3) is 4.01. The average Bonchev–Trinajstić information content (AvgIpc) is 3.38. The minimum Gasteiger partial charge on any atom is -0.356 e. The van der Waals surface area contributed by atoms with Crippen molar-refractivity contribution in [1.29, 1.82) is 0 Å². The Bertz CT molecular complexity index is 818. The molecule has 0 unspecified atom stereocenters. The minimum atomic E-state index is -1.04. The molecule has 1 aromatic heterocycles. The molecular weight excluding hydrogens is 318 g/mol. The van der Waals surface area contributed by atoms with Crippen LogP contribution in [0.15, 0.2) is 23.0 Å². The van der Waals surface area contributed by atoms with Crippen LogP contribution in [-0.2, 0) is 11.2 Å². The van der Waals surface area contributed by atoms with Gasteiger partial charge in [0.1, 0.15) is 5.69 Å². The molecule has 1 amide bonds. The fourth-order valence-corrected chi connectivity index (χ4v) is 2.20. The van der Waals surface area contributed by atoms with E-state index in [1.54, 1.807) is 0 Å². The summed E-state index contributed by atoms with van der Waals surface area (Å²) in [6.07, 6.45) is 2.61. The molecule has 1 aliphatic carbocycles. The molecule has 24 heavy (non-hydrogen) atoms. The van der Waals surface area contributed by atoms with E-state index in [0.29, 0.717) is 12.5 Å². The smallest absolute Gasteiger partial charge is 0.273 e. The molecule has 2 aromatic rings. The van der Waals surface area contributed by atoms with Gasteiger partial charge in [-0.1, -0.05) is 0 Å². The van der Waals surface area contributed by atoms with Crippen molar-refractivity contribution in [3.63, 3.8) is 0 Å². The van der Waals surface area contributed by atoms with Gasteiger partial charge in [0.25, 0.3) is 5.56 Å². The first-order valence-electron chi connectivity index (χ1n) is 7.71. The normalized spacial score (nSPS) is 13.8. The van der Waals surface area contributed by atoms with E-state index in [1.807, 2.05) is 0 Å². The fraction of sp³-hybridized carbons (Fsp3) is 0.375. The topological polar surface area (TPSA) is 87.7 Å². The maximum Gasteiger partial charge on any atom is 0.273 e. The van der Waals surface area contributed by atoms with E-state index in [0.717, 1.165) is 25.0 Å². The van der Waals surface area contributed by atoms with Gasteiger partial charge in [0.05, 0.1) is 0 Å². The summed E-state index contributed by atoms with van der Waals surface area (Å²) in [6, 6.07) is 3.17. The Hall–Kier alpha value is -2.64. The Balaban J connectivity index is 1.64. The van der Waals surface area contributed by atoms with Crippen LogP contribution in [-0.4, -0.2) is 27.6 Å². The number of amides is 1. The first-order valence-corrected chi connectivity index (χ1v) is 7.71. The van der Waals surface area contributed by atoms with Crippen molar-refractivity contribution in [3.8, 4) is 11.4 Å². The first-order chi connectivity index (χ1) is 11.5. The van der Waals surface area contributed by atoms with Crippen molar-refractivity contribution in [2.75, 3.05) is 6.54 Å². The van der Waals surface area contributed by atoms with Crippen molar-refractivity contribution in [2.45, 2.75) is 25.7 Å². The molecule has 0 atom stereocenters. The van der Waals surface area contributed by atoms with E-state index >= 15 is 0 Å². The molecule has 8 heteroatoms. The van der Waals surface area contributed by atoms with E-state index < -0.39 is 17.2 Å². The van der Waals surface area contributed by atoms with E-state index in [1.165, 1.54) is 6.07 Å². The predicted octanol–water partition coefficient (Wildman–Crippen LogP) is 1.57. The molecule has 1 saturated carbocycles. The molecule has 6 nitrogen and oxygen atoms in total. The molecule has 126 valence electrons. The van der Waals surface area contributed by atoms with E-state index in [4.69, 9.17) is 0 Å². The number of H-pyrrole nitrogens is 1. The van der Waals surface area contributed by atoms with Crippen molar-refractivity contribution in [3.05, 3.63) is 45.9 Å². The van der Waals surface area contributed by atoms with Gasteiger partial charge in [0.2, 0.25) is 5.91 Å². The summed E-state index contributed by atoms with van der Waals surface area (Å²) in [6.45, 7) is 0.677. The highest BCUT2D eigenvalue weighted by molar-refractivity contribution is 5.76. The van der Waals surface area contributed by atoms with Crippen LogP contribution < -0.4 is 10.9 Å². The number of nitrogens with zero attached hydrogens (tertiary/aromatic N) is 2. The van der Waals surface area contributed by atoms with Gasteiger partial charge in [-0.05, 0) is 37.0 Å². The zero-order chi connectivity index (χ0) is 17.1. The monoisotopic (exact) mass is 334 g/mol. The van der Waals surface area contributed by atoms with Gasteiger partial charge in [0.15, 0.2) is 17.5 Å². The Morgan fingerprint density at radius 3 is 2.71 bits per heavy atom. The maximum absolute atomic E-state index is 13.2. The summed E-state index contributed by atoms with van der Waals surface area (Å²) in [4.78, 5) is 26.1. The molecule has 1 heterocycles. The van der Waals surface area contributed by atoms with Gasteiger partial charge in [0, 0.05) is 24.9 Å². The van der Waals surface area contributed by atoms with Crippen LogP contribution in [0.4, 0.5) is 8.78 Å². The predicted molar refractivity (Wildman–Crippen MR) is 82.1 cm³/mol. The Labute approximate surface area is 136 Å². The lowest BCUT2D eigenvalue weighted by molar-refractivity contribution is -0.121. The van der Waals surface area contributed by atoms with E-state index in [2.05, 4.69) is 20.5 Å². The molecule has 0 spiro atoms. The number of nitrogens with one attached hydrogen (secondary N) is 2. The van der Waals surface area contributed by atoms with Gasteiger partial charge in [-0.3, -0.25) is 9.59 Å². The van der Waals surface area contributed by atoms with Crippen LogP contribution in [0, 0.1) is 17.6 Å². The molecule has 2 N–H and O–H groups in total. The number of hydrogen-bond acceptors (Lipinski definition) is 4. The molecule has 0 aliphatic heterocycles. The van der Waals surface area contributed by atoms with E-state index in [9.17, 15) is 18.4 Å². The fourth-order valence-electron chi connectivity index (χ4n) is 2.20. The second-order valence-corrected chi connectivity index (χ2v) is 5.83. The molecule has 1 aliphatic rings. The Morgan fingerprint density at radius 2 is 2.04 bits per heavy atom. The number of hydrogen-bond donors (Lipinski definition) is 2. The molecule has 3 rings (SSSR count). The van der Waals surface area contributed by atoms with E-state index in [-0.39, 0.29) is 35.8 Å². The minimum absolute atomic E-state index is 0.0424. The third-order valence-corrected chi connectivity index (χ3v) is 3.83. The largest absolute Gasteiger partial charge is 0.356 e. The zero-order valence-electron chi connectivity index (χ0n) is 12.8. The lowest BCUT2D eigenvalue weighted by Gasteiger charge is -2.04. The summed E-state index contributed by atoms with van der Waals surface area (Å²) < 4.78 is 26.2. The van der Waals surface area contributed by atoms with Gasteiger partial charge in [-0.15, -0.1) is 10.2 Å². The quantitative estimate of drug-likeness (QED) is 0.839. The maximum atomic E-state index is 13.2. The Morgan fingerprint density at radius 1 is 1.25 bits per heavy atom. The summed E-state index contributed by atoms with van der Waals surface area (Å²) in [7, 11) is 0. The molecule has 0 saturated heterocycles. The summed E-state index contributed by atoms with van der Waals surface area (Å²) in [5.74, 6) is -1.52. The van der Waals surface area contributed by atoms with Crippen LogP contribution in [0.2, 0.25) is 0 Å². The highest BCUT2D eigenvalue weighted by Gasteiger charge is 2.21. The number of carbonyl (C=O) groups is 1. The molecule has 1 aromatic carbocycles. The van der Waals surface area contributed by atoms with Gasteiger partial charge in [-0.2, -0.15) is 0 Å². The van der Waals surface area contributed by atoms with Crippen LogP contribution in [0.5, 0.6) is 0 Å². The van der Waals surface area contributed by atoms with Crippen LogP contribution in [0.3, 0.4) is 0 Å². The van der Waals surface area contributed by atoms with Gasteiger partial charge >= 0.3 is 0 Å². The molecule has 0 radical (unpaired) electrons. The number of aromatic nitrogens is 3. The highest BCUT2D eigenvalue weighted by atomic mass is 19.2. The van der Waals surface area contributed by atoms with Crippen molar-refractivity contribution in [2.24, 2.45) is 5.92 Å². The van der Waals surface area contributed by atoms with Crippen molar-refractivity contribution < 1.29 is 13.6 Å². The zero-order valence-corrected chi connectivity index (χ0v) is 12.8. The van der Waals surface area contributed by atoms with Crippen molar-refractivity contribution >= 4 is 5.91 Å². The van der Waals surface area contributed by atoms with Crippen LogP contribution >= 0.6 is 0 Å². The number of halogens is 2. The summed E-state index contributed by atoms with van der Waals surface area (Å²) in [5.41, 5.74) is -0.158. The Kier molecular flexibility index (Phi) is 4.64. The highest BCUT2D eigenvalue weighted by Crippen LogP contribution is 2.27. The molecule has 1 fully saturated rings. The number of benzene rings is 1. The summed E-state index contributed by atoms with van der Waals surface area (Å²) in [5, 5.41) is 10.4. The number of aromatic amines is 1. The van der Waals surface area contributed by atoms with Crippen molar-refractivity contribution in [1.82, 2.24) is 20.5 Å². The SMILES string of the molecule is O=C(CCc1nnc(-c2ccc(F)c(F)c2)[nH]c1=O)NCC1CC1. The standard InChI is InChI=1S/C16H16F2N4O2/c17-11-4-3-10(7-12(11)18)15-20-16(24)13(21-22-15)5-6-14(23)19-8-9-1-2-9/h3-4,7,9H,1-2,5-6,8H2,(H,19,23)(H,20,22,24). The van der Waals surface area contributed by atoms with Gasteiger partial charge in [-0.25, -0.2) is 8.78 Å².